The van der Waals surface area contributed by atoms with Crippen LogP contribution < -0.4 is 0 Å². The van der Waals surface area contributed by atoms with E-state index in [-0.39, 0.29) is 10.8 Å². The lowest BCUT2D eigenvalue weighted by Gasteiger charge is -2.82. The molecule has 9 atom stereocenters. The first-order chi connectivity index (χ1) is 12.3. The average molecular weight is 362 g/mol. The predicted molar refractivity (Wildman–Crippen MR) is 99.4 cm³/mol. The minimum atomic E-state index is -0.649. The van der Waals surface area contributed by atoms with Crippen molar-refractivity contribution in [3.05, 3.63) is 0 Å². The lowest BCUT2D eigenvalue weighted by atomic mass is 9.31. The number of piperidine rings is 3. The van der Waals surface area contributed by atoms with Crippen LogP contribution in [0, 0.1) is 40.4 Å². The van der Waals surface area contributed by atoms with Crippen LogP contribution in [0.1, 0.15) is 72.1 Å². The molecule has 0 spiro atoms. The van der Waals surface area contributed by atoms with Crippen molar-refractivity contribution in [1.82, 2.24) is 4.90 Å². The lowest BCUT2D eigenvalue weighted by Crippen LogP contribution is -2.86. The van der Waals surface area contributed by atoms with Crippen LogP contribution in [-0.4, -0.2) is 39.4 Å². The highest BCUT2D eigenvalue weighted by Crippen LogP contribution is 2.78. The van der Waals surface area contributed by atoms with Crippen molar-refractivity contribution >= 4 is 5.97 Å². The number of rotatable bonds is 4. The van der Waals surface area contributed by atoms with Gasteiger partial charge in [-0.1, -0.05) is 20.8 Å². The Hall–Kier alpha value is -0.610. The molecular formula is C22H35NO3. The number of aliphatic hydroxyl groups is 1. The van der Waals surface area contributed by atoms with Crippen molar-refractivity contribution < 1.29 is 15.0 Å². The molecule has 6 aliphatic rings. The highest BCUT2D eigenvalue weighted by atomic mass is 16.4. The minimum Gasteiger partial charge on any atom is -0.481 e. The molecule has 6 fully saturated rings. The summed E-state index contributed by atoms with van der Waals surface area (Å²) in [6, 6.07) is 0.378. The number of nitrogens with zero attached hydrogens (tertiary/aromatic N) is 1. The molecule has 8 bridgehead atoms. The Morgan fingerprint density at radius 2 is 2.00 bits per heavy atom. The third-order valence-electron chi connectivity index (χ3n) is 10.1. The van der Waals surface area contributed by atoms with E-state index in [2.05, 4.69) is 25.7 Å². The van der Waals surface area contributed by atoms with Crippen molar-refractivity contribution in [1.29, 1.82) is 0 Å². The van der Waals surface area contributed by atoms with Gasteiger partial charge >= 0.3 is 5.97 Å². The number of carboxylic acid groups (broad SMARTS) is 1. The average Bonchev–Trinajstić information content (AvgIpc) is 2.56. The fraction of sp³-hybridized carbons (Fsp3) is 0.955. The van der Waals surface area contributed by atoms with E-state index in [0.717, 1.165) is 25.8 Å². The Bertz CT molecular complexity index is 635. The maximum atomic E-state index is 11.8. The molecule has 1 unspecified atom stereocenters. The van der Waals surface area contributed by atoms with Crippen LogP contribution in [0.15, 0.2) is 0 Å². The van der Waals surface area contributed by atoms with E-state index < -0.39 is 11.7 Å². The molecule has 0 amide bonds. The summed E-state index contributed by atoms with van der Waals surface area (Å²) in [6.07, 6.45) is 8.00. The first-order valence-corrected chi connectivity index (χ1v) is 11.0. The van der Waals surface area contributed by atoms with E-state index in [1.54, 1.807) is 0 Å². The van der Waals surface area contributed by atoms with Gasteiger partial charge in [-0.05, 0) is 79.4 Å². The molecule has 3 saturated heterocycles. The summed E-state index contributed by atoms with van der Waals surface area (Å²) in [4.78, 5) is 14.1. The van der Waals surface area contributed by atoms with E-state index in [4.69, 9.17) is 0 Å². The predicted octanol–water partition coefficient (Wildman–Crippen LogP) is 3.73. The molecule has 0 radical (unpaired) electrons. The molecule has 4 heteroatoms. The summed E-state index contributed by atoms with van der Waals surface area (Å²) in [5.41, 5.74) is -0.255. The fourth-order valence-electron chi connectivity index (χ4n) is 9.15. The molecule has 3 aliphatic heterocycles. The smallest absolute Gasteiger partial charge is 0.303 e. The number of carbonyl (C=O) groups is 1. The van der Waals surface area contributed by atoms with E-state index in [1.165, 1.54) is 25.7 Å². The van der Waals surface area contributed by atoms with Crippen molar-refractivity contribution in [3.8, 4) is 0 Å². The number of carboxylic acids is 1. The van der Waals surface area contributed by atoms with Gasteiger partial charge in [0.2, 0.25) is 0 Å². The molecule has 0 aromatic carbocycles. The molecule has 3 aliphatic carbocycles. The zero-order valence-electron chi connectivity index (χ0n) is 16.6. The minimum absolute atomic E-state index is 0.0943. The van der Waals surface area contributed by atoms with Crippen molar-refractivity contribution in [2.45, 2.75) is 83.9 Å². The lowest BCUT2D eigenvalue weighted by molar-refractivity contribution is -0.388. The van der Waals surface area contributed by atoms with E-state index in [1.807, 2.05) is 0 Å². The van der Waals surface area contributed by atoms with Crippen LogP contribution in [0.4, 0.5) is 0 Å². The zero-order chi connectivity index (χ0) is 18.5. The van der Waals surface area contributed by atoms with Gasteiger partial charge in [-0.25, -0.2) is 0 Å². The van der Waals surface area contributed by atoms with Gasteiger partial charge < -0.3 is 10.2 Å². The zero-order valence-corrected chi connectivity index (χ0v) is 16.6. The summed E-state index contributed by atoms with van der Waals surface area (Å²) < 4.78 is 0. The van der Waals surface area contributed by atoms with Crippen LogP contribution in [0.25, 0.3) is 0 Å². The SMILES string of the molecule is CC(C)[C@H]1CC[C@@]2(C)[C@H]3C[C@@H]4[C@@H]5CCC[C@]4(O)N(C3)[C@@H]1[C@]52CCC(=O)O. The molecule has 146 valence electrons. The summed E-state index contributed by atoms with van der Waals surface area (Å²) in [5.74, 6) is 2.06. The van der Waals surface area contributed by atoms with E-state index in [0.29, 0.717) is 42.1 Å². The first-order valence-electron chi connectivity index (χ1n) is 11.0. The van der Waals surface area contributed by atoms with Gasteiger partial charge in [-0.3, -0.25) is 9.69 Å². The Labute approximate surface area is 157 Å². The van der Waals surface area contributed by atoms with Crippen molar-refractivity contribution in [3.63, 3.8) is 0 Å². The largest absolute Gasteiger partial charge is 0.481 e. The summed E-state index contributed by atoms with van der Waals surface area (Å²) in [6.45, 7) is 8.23. The van der Waals surface area contributed by atoms with E-state index >= 15 is 0 Å². The van der Waals surface area contributed by atoms with Gasteiger partial charge in [0.1, 0.15) is 5.72 Å². The third-order valence-corrected chi connectivity index (χ3v) is 10.1. The molecule has 0 aromatic heterocycles. The Morgan fingerprint density at radius 1 is 1.23 bits per heavy atom. The second-order valence-electron chi connectivity index (χ2n) is 10.8. The summed E-state index contributed by atoms with van der Waals surface area (Å²) in [7, 11) is 0. The number of hydrogen-bond acceptors (Lipinski definition) is 3. The maximum Gasteiger partial charge on any atom is 0.303 e. The molecule has 26 heavy (non-hydrogen) atoms. The van der Waals surface area contributed by atoms with Gasteiger partial charge in [0.15, 0.2) is 0 Å². The second-order valence-corrected chi connectivity index (χ2v) is 10.8. The molecule has 6 rings (SSSR count). The van der Waals surface area contributed by atoms with Gasteiger partial charge in [0, 0.05) is 24.9 Å². The van der Waals surface area contributed by atoms with Crippen LogP contribution in [0.5, 0.6) is 0 Å². The summed E-state index contributed by atoms with van der Waals surface area (Å²) >= 11 is 0. The molecule has 3 saturated carbocycles. The van der Waals surface area contributed by atoms with Crippen LogP contribution in [-0.2, 0) is 4.79 Å². The first kappa shape index (κ1) is 17.5. The Balaban J connectivity index is 1.70. The Morgan fingerprint density at radius 3 is 2.69 bits per heavy atom. The quantitative estimate of drug-likeness (QED) is 0.801. The monoisotopic (exact) mass is 361 g/mol. The standard InChI is InChI=1S/C22H35NO3/c1-13(2)15-6-9-20(3)14-11-17-16-5-4-8-22(17,26)23(12-14)19(15)21(16,20)10-7-18(24)25/h13-17,19,26H,4-12H2,1-3H3,(H,24,25)/t14-,15+,16-,17+,19-,20-,21-,22+/m0/s1. The Kier molecular flexibility index (Phi) is 3.53. The van der Waals surface area contributed by atoms with Gasteiger partial charge in [-0.15, -0.1) is 0 Å². The summed E-state index contributed by atoms with van der Waals surface area (Å²) in [5, 5.41) is 21.4. The number of aliphatic carboxylic acids is 1. The molecule has 4 nitrogen and oxygen atoms in total. The molecule has 0 aromatic rings. The highest BCUT2D eigenvalue weighted by molar-refractivity contribution is 5.66. The molecular weight excluding hydrogens is 326 g/mol. The number of hydrogen-bond donors (Lipinski definition) is 2. The molecule has 2 N–H and O–H groups in total. The topological polar surface area (TPSA) is 60.8 Å². The maximum absolute atomic E-state index is 11.8. The van der Waals surface area contributed by atoms with Gasteiger partial charge in [-0.2, -0.15) is 0 Å². The second kappa shape index (κ2) is 5.26. The van der Waals surface area contributed by atoms with Crippen LogP contribution >= 0.6 is 0 Å². The molecule has 3 heterocycles. The normalized spacial score (nSPS) is 56.8. The van der Waals surface area contributed by atoms with Crippen molar-refractivity contribution in [2.24, 2.45) is 40.4 Å². The van der Waals surface area contributed by atoms with Crippen LogP contribution in [0.3, 0.4) is 0 Å². The van der Waals surface area contributed by atoms with E-state index in [9.17, 15) is 15.0 Å². The van der Waals surface area contributed by atoms with Crippen molar-refractivity contribution in [2.75, 3.05) is 6.54 Å². The fourth-order valence-corrected chi connectivity index (χ4v) is 9.15. The highest BCUT2D eigenvalue weighted by Gasteiger charge is 2.78. The van der Waals surface area contributed by atoms with Gasteiger partial charge in [0.25, 0.3) is 0 Å². The third kappa shape index (κ3) is 1.77. The van der Waals surface area contributed by atoms with Crippen LogP contribution in [0.2, 0.25) is 0 Å². The van der Waals surface area contributed by atoms with Gasteiger partial charge in [0.05, 0.1) is 0 Å².